The molecular formula is C16H26N2O3. The van der Waals surface area contributed by atoms with Crippen LogP contribution in [0.4, 0.5) is 0 Å². The maximum absolute atomic E-state index is 9.67. The zero-order valence-corrected chi connectivity index (χ0v) is 13.0. The Balaban J connectivity index is 1.98. The van der Waals surface area contributed by atoms with E-state index in [-0.39, 0.29) is 5.75 Å². The first-order valence-electron chi connectivity index (χ1n) is 7.53. The third kappa shape index (κ3) is 4.88. The van der Waals surface area contributed by atoms with Crippen molar-refractivity contribution in [3.8, 4) is 11.5 Å². The molecule has 1 aliphatic heterocycles. The average Bonchev–Trinajstić information content (AvgIpc) is 2.99. The Morgan fingerprint density at radius 3 is 2.90 bits per heavy atom. The Morgan fingerprint density at radius 2 is 2.24 bits per heavy atom. The molecule has 1 aromatic carbocycles. The van der Waals surface area contributed by atoms with Gasteiger partial charge < -0.3 is 19.9 Å². The SMILES string of the molecule is COCCN(Cc1ccc(O)c(OC)c1)CC1CCCN1. The van der Waals surface area contributed by atoms with Crippen molar-refractivity contribution >= 4 is 0 Å². The summed E-state index contributed by atoms with van der Waals surface area (Å²) in [6.07, 6.45) is 2.50. The Labute approximate surface area is 126 Å². The molecule has 1 heterocycles. The first kappa shape index (κ1) is 16.1. The van der Waals surface area contributed by atoms with Crippen molar-refractivity contribution in [2.24, 2.45) is 0 Å². The van der Waals surface area contributed by atoms with Gasteiger partial charge in [0.15, 0.2) is 11.5 Å². The van der Waals surface area contributed by atoms with Crippen LogP contribution in [-0.4, -0.2) is 56.5 Å². The monoisotopic (exact) mass is 294 g/mol. The highest BCUT2D eigenvalue weighted by molar-refractivity contribution is 5.41. The first-order chi connectivity index (χ1) is 10.2. The minimum atomic E-state index is 0.183. The molecule has 1 fully saturated rings. The normalized spacial score (nSPS) is 18.3. The molecule has 1 aromatic rings. The summed E-state index contributed by atoms with van der Waals surface area (Å²) in [6.45, 7) is 4.60. The fourth-order valence-electron chi connectivity index (χ4n) is 2.76. The fourth-order valence-corrected chi connectivity index (χ4v) is 2.76. The van der Waals surface area contributed by atoms with E-state index in [1.54, 1.807) is 20.3 Å². The largest absolute Gasteiger partial charge is 0.504 e. The van der Waals surface area contributed by atoms with Crippen molar-refractivity contribution in [3.63, 3.8) is 0 Å². The molecule has 1 aliphatic rings. The lowest BCUT2D eigenvalue weighted by Gasteiger charge is -2.25. The van der Waals surface area contributed by atoms with Gasteiger partial charge in [-0.2, -0.15) is 0 Å². The number of nitrogens with one attached hydrogen (secondary N) is 1. The van der Waals surface area contributed by atoms with E-state index < -0.39 is 0 Å². The lowest BCUT2D eigenvalue weighted by Crippen LogP contribution is -2.38. The Bertz CT molecular complexity index is 434. The second-order valence-corrected chi connectivity index (χ2v) is 5.53. The second kappa shape index (κ2) is 8.22. The van der Waals surface area contributed by atoms with E-state index >= 15 is 0 Å². The predicted octanol–water partition coefficient (Wildman–Crippen LogP) is 1.60. The van der Waals surface area contributed by atoms with Crippen molar-refractivity contribution in [1.29, 1.82) is 0 Å². The number of methoxy groups -OCH3 is 2. The van der Waals surface area contributed by atoms with Crippen LogP contribution in [0.25, 0.3) is 0 Å². The molecule has 0 bridgehead atoms. The second-order valence-electron chi connectivity index (χ2n) is 5.53. The van der Waals surface area contributed by atoms with E-state index in [1.807, 2.05) is 12.1 Å². The fraction of sp³-hybridized carbons (Fsp3) is 0.625. The van der Waals surface area contributed by atoms with Gasteiger partial charge in [0, 0.05) is 32.8 Å². The number of hydrogen-bond donors (Lipinski definition) is 2. The van der Waals surface area contributed by atoms with Crippen molar-refractivity contribution in [3.05, 3.63) is 23.8 Å². The Hall–Kier alpha value is -1.30. The number of aromatic hydroxyl groups is 1. The summed E-state index contributed by atoms with van der Waals surface area (Å²) in [4.78, 5) is 2.39. The molecule has 0 aliphatic carbocycles. The molecule has 1 atom stereocenters. The van der Waals surface area contributed by atoms with Gasteiger partial charge in [-0.1, -0.05) is 6.07 Å². The Kier molecular flexibility index (Phi) is 6.29. The highest BCUT2D eigenvalue weighted by Gasteiger charge is 2.18. The van der Waals surface area contributed by atoms with Gasteiger partial charge >= 0.3 is 0 Å². The molecule has 1 saturated heterocycles. The van der Waals surface area contributed by atoms with Crippen LogP contribution < -0.4 is 10.1 Å². The molecule has 1 unspecified atom stereocenters. The summed E-state index contributed by atoms with van der Waals surface area (Å²) >= 11 is 0. The number of benzene rings is 1. The topological polar surface area (TPSA) is 54.0 Å². The number of phenolic OH excluding ortho intramolecular Hbond substituents is 1. The van der Waals surface area contributed by atoms with E-state index in [2.05, 4.69) is 10.2 Å². The van der Waals surface area contributed by atoms with Crippen LogP contribution in [-0.2, 0) is 11.3 Å². The van der Waals surface area contributed by atoms with Gasteiger partial charge in [0.25, 0.3) is 0 Å². The van der Waals surface area contributed by atoms with Gasteiger partial charge in [-0.15, -0.1) is 0 Å². The summed E-state index contributed by atoms with van der Waals surface area (Å²) in [5.74, 6) is 0.709. The molecule has 0 saturated carbocycles. The number of rotatable bonds is 8. The first-order valence-corrected chi connectivity index (χ1v) is 7.53. The number of ether oxygens (including phenoxy) is 2. The molecule has 0 aromatic heterocycles. The molecule has 5 heteroatoms. The lowest BCUT2D eigenvalue weighted by atomic mass is 10.1. The van der Waals surface area contributed by atoms with E-state index in [0.717, 1.165) is 38.3 Å². The van der Waals surface area contributed by atoms with Crippen LogP contribution >= 0.6 is 0 Å². The van der Waals surface area contributed by atoms with Crippen LogP contribution in [0.15, 0.2) is 18.2 Å². The van der Waals surface area contributed by atoms with Gasteiger partial charge in [0.2, 0.25) is 0 Å². The van der Waals surface area contributed by atoms with E-state index in [4.69, 9.17) is 9.47 Å². The average molecular weight is 294 g/mol. The molecule has 0 radical (unpaired) electrons. The van der Waals surface area contributed by atoms with Crippen LogP contribution in [0.5, 0.6) is 11.5 Å². The Morgan fingerprint density at radius 1 is 1.38 bits per heavy atom. The van der Waals surface area contributed by atoms with Crippen molar-refractivity contribution < 1.29 is 14.6 Å². The molecular weight excluding hydrogens is 268 g/mol. The zero-order valence-electron chi connectivity index (χ0n) is 13.0. The molecule has 0 spiro atoms. The number of nitrogens with zero attached hydrogens (tertiary/aromatic N) is 1. The minimum Gasteiger partial charge on any atom is -0.504 e. The zero-order chi connectivity index (χ0) is 15.1. The standard InChI is InChI=1S/C16H26N2O3/c1-20-9-8-18(12-14-4-3-7-17-14)11-13-5-6-15(19)16(10-13)21-2/h5-6,10,14,17,19H,3-4,7-9,11-12H2,1-2H3. The highest BCUT2D eigenvalue weighted by Crippen LogP contribution is 2.26. The molecule has 118 valence electrons. The van der Waals surface area contributed by atoms with Gasteiger partial charge in [-0.3, -0.25) is 4.90 Å². The molecule has 2 N–H and O–H groups in total. The summed E-state index contributed by atoms with van der Waals surface area (Å²) in [7, 11) is 3.31. The summed E-state index contributed by atoms with van der Waals surface area (Å²) in [5.41, 5.74) is 1.14. The van der Waals surface area contributed by atoms with E-state index in [9.17, 15) is 5.11 Å². The van der Waals surface area contributed by atoms with Gasteiger partial charge in [0.05, 0.1) is 13.7 Å². The summed E-state index contributed by atoms with van der Waals surface area (Å²) < 4.78 is 10.4. The van der Waals surface area contributed by atoms with E-state index in [1.165, 1.54) is 12.8 Å². The van der Waals surface area contributed by atoms with E-state index in [0.29, 0.717) is 11.8 Å². The maximum Gasteiger partial charge on any atom is 0.160 e. The molecule has 21 heavy (non-hydrogen) atoms. The van der Waals surface area contributed by atoms with Crippen molar-refractivity contribution in [1.82, 2.24) is 10.2 Å². The van der Waals surface area contributed by atoms with Gasteiger partial charge in [-0.25, -0.2) is 0 Å². The quantitative estimate of drug-likeness (QED) is 0.763. The smallest absolute Gasteiger partial charge is 0.160 e. The minimum absolute atomic E-state index is 0.183. The number of phenols is 1. The third-order valence-corrected chi connectivity index (χ3v) is 3.90. The van der Waals surface area contributed by atoms with Crippen molar-refractivity contribution in [2.45, 2.75) is 25.4 Å². The maximum atomic E-state index is 9.67. The predicted molar refractivity (Wildman–Crippen MR) is 82.8 cm³/mol. The summed E-state index contributed by atoms with van der Waals surface area (Å²) in [6, 6.07) is 6.11. The van der Waals surface area contributed by atoms with Crippen molar-refractivity contribution in [2.75, 3.05) is 40.5 Å². The van der Waals surface area contributed by atoms with Crippen LogP contribution in [0.3, 0.4) is 0 Å². The van der Waals surface area contributed by atoms with Crippen LogP contribution in [0, 0.1) is 0 Å². The van der Waals surface area contributed by atoms with Crippen LogP contribution in [0.2, 0.25) is 0 Å². The molecule has 5 nitrogen and oxygen atoms in total. The summed E-state index contributed by atoms with van der Waals surface area (Å²) in [5, 5.41) is 13.2. The molecule has 0 amide bonds. The lowest BCUT2D eigenvalue weighted by molar-refractivity contribution is 0.138. The number of hydrogen-bond acceptors (Lipinski definition) is 5. The van der Waals surface area contributed by atoms with Crippen LogP contribution in [0.1, 0.15) is 18.4 Å². The van der Waals surface area contributed by atoms with Gasteiger partial charge in [0.1, 0.15) is 0 Å². The third-order valence-electron chi connectivity index (χ3n) is 3.90. The highest BCUT2D eigenvalue weighted by atomic mass is 16.5. The molecule has 2 rings (SSSR count). The van der Waals surface area contributed by atoms with Gasteiger partial charge in [-0.05, 0) is 37.1 Å².